The molecule has 0 saturated carbocycles. The van der Waals surface area contributed by atoms with Crippen LogP contribution in [-0.2, 0) is 4.74 Å². The van der Waals surface area contributed by atoms with E-state index in [0.717, 1.165) is 56.5 Å². The van der Waals surface area contributed by atoms with Crippen LogP contribution in [0.2, 0.25) is 0 Å². The van der Waals surface area contributed by atoms with Crippen LogP contribution in [-0.4, -0.2) is 34.2 Å². The smallest absolute Gasteiger partial charge is 0.162 e. The average molecular weight is 272 g/mol. The average Bonchev–Trinajstić information content (AvgIpc) is 3.14. The van der Waals surface area contributed by atoms with Crippen LogP contribution >= 0.6 is 0 Å². The van der Waals surface area contributed by atoms with Gasteiger partial charge in [0.2, 0.25) is 0 Å². The second-order valence-electron chi connectivity index (χ2n) is 5.68. The minimum absolute atomic E-state index is 0.125. The summed E-state index contributed by atoms with van der Waals surface area (Å²) in [6.45, 7) is 3.00. The van der Waals surface area contributed by atoms with Crippen molar-refractivity contribution in [2.75, 3.05) is 19.7 Å². The highest BCUT2D eigenvalue weighted by atomic mass is 16.5. The van der Waals surface area contributed by atoms with Crippen LogP contribution in [0.15, 0.2) is 18.3 Å². The van der Waals surface area contributed by atoms with Crippen molar-refractivity contribution >= 4 is 11.2 Å². The van der Waals surface area contributed by atoms with E-state index in [4.69, 9.17) is 9.72 Å². The molecule has 0 radical (unpaired) electrons. The molecule has 106 valence electrons. The highest BCUT2D eigenvalue weighted by molar-refractivity contribution is 5.71. The highest BCUT2D eigenvalue weighted by Crippen LogP contribution is 2.33. The Morgan fingerprint density at radius 2 is 2.15 bits per heavy atom. The van der Waals surface area contributed by atoms with E-state index in [1.54, 1.807) is 0 Å². The van der Waals surface area contributed by atoms with E-state index in [-0.39, 0.29) is 6.23 Å². The van der Waals surface area contributed by atoms with Gasteiger partial charge in [-0.2, -0.15) is 0 Å². The van der Waals surface area contributed by atoms with Crippen LogP contribution in [0.3, 0.4) is 0 Å². The lowest BCUT2D eigenvalue weighted by atomic mass is 9.97. The summed E-state index contributed by atoms with van der Waals surface area (Å²) < 4.78 is 8.17. The lowest BCUT2D eigenvalue weighted by Gasteiger charge is -2.25. The lowest BCUT2D eigenvalue weighted by molar-refractivity contribution is 0.0557. The molecule has 5 heteroatoms. The maximum atomic E-state index is 5.90. The van der Waals surface area contributed by atoms with E-state index >= 15 is 0 Å². The van der Waals surface area contributed by atoms with Gasteiger partial charge in [-0.15, -0.1) is 0 Å². The van der Waals surface area contributed by atoms with Gasteiger partial charge >= 0.3 is 0 Å². The number of imidazole rings is 1. The molecule has 2 aliphatic rings. The molecule has 2 aliphatic heterocycles. The molecule has 0 spiro atoms. The zero-order valence-electron chi connectivity index (χ0n) is 11.6. The third-order valence-corrected chi connectivity index (χ3v) is 4.37. The van der Waals surface area contributed by atoms with Crippen molar-refractivity contribution in [1.82, 2.24) is 19.9 Å². The first kappa shape index (κ1) is 12.3. The Labute approximate surface area is 118 Å². The minimum atomic E-state index is 0.125. The van der Waals surface area contributed by atoms with Gasteiger partial charge in [0.25, 0.3) is 0 Å². The summed E-state index contributed by atoms with van der Waals surface area (Å²) in [7, 11) is 0. The van der Waals surface area contributed by atoms with Crippen molar-refractivity contribution in [2.24, 2.45) is 0 Å². The number of fused-ring (bicyclic) bond motifs is 1. The number of piperidine rings is 1. The van der Waals surface area contributed by atoms with Gasteiger partial charge in [0.05, 0.1) is 0 Å². The first-order valence-corrected chi connectivity index (χ1v) is 7.58. The van der Waals surface area contributed by atoms with Crippen LogP contribution in [0.4, 0.5) is 0 Å². The van der Waals surface area contributed by atoms with Crippen molar-refractivity contribution in [3.05, 3.63) is 24.2 Å². The molecule has 4 rings (SSSR count). The first-order valence-electron chi connectivity index (χ1n) is 7.58. The van der Waals surface area contributed by atoms with Gasteiger partial charge in [0.1, 0.15) is 17.6 Å². The van der Waals surface area contributed by atoms with Crippen molar-refractivity contribution in [2.45, 2.75) is 37.8 Å². The number of aromatic nitrogens is 3. The van der Waals surface area contributed by atoms with Gasteiger partial charge in [-0.3, -0.25) is 4.57 Å². The van der Waals surface area contributed by atoms with Gasteiger partial charge in [-0.05, 0) is 50.9 Å². The van der Waals surface area contributed by atoms with Crippen LogP contribution in [0.25, 0.3) is 11.2 Å². The monoisotopic (exact) mass is 272 g/mol. The van der Waals surface area contributed by atoms with Crippen LogP contribution in [0.1, 0.15) is 43.7 Å². The molecule has 1 atom stereocenters. The third-order valence-electron chi connectivity index (χ3n) is 4.37. The second-order valence-corrected chi connectivity index (χ2v) is 5.68. The zero-order valence-corrected chi connectivity index (χ0v) is 11.6. The van der Waals surface area contributed by atoms with Crippen molar-refractivity contribution in [1.29, 1.82) is 0 Å². The SMILES string of the molecule is c1cnc2c(c1)nc(C1CCNCC1)n2C1CCCO1. The fourth-order valence-corrected chi connectivity index (χ4v) is 3.36. The summed E-state index contributed by atoms with van der Waals surface area (Å²) in [5.41, 5.74) is 1.98. The molecule has 20 heavy (non-hydrogen) atoms. The Bertz CT molecular complexity index is 597. The molecule has 2 fully saturated rings. The van der Waals surface area contributed by atoms with Crippen molar-refractivity contribution < 1.29 is 4.74 Å². The maximum Gasteiger partial charge on any atom is 0.162 e. The highest BCUT2D eigenvalue weighted by Gasteiger charge is 2.28. The number of ether oxygens (including phenoxy) is 1. The lowest BCUT2D eigenvalue weighted by Crippen LogP contribution is -2.28. The van der Waals surface area contributed by atoms with Gasteiger partial charge in [0, 0.05) is 18.7 Å². The molecule has 1 unspecified atom stereocenters. The Hall–Kier alpha value is -1.46. The molecule has 0 aromatic carbocycles. The van der Waals surface area contributed by atoms with E-state index in [1.165, 1.54) is 5.82 Å². The van der Waals surface area contributed by atoms with Gasteiger partial charge < -0.3 is 10.1 Å². The van der Waals surface area contributed by atoms with E-state index in [9.17, 15) is 0 Å². The fourth-order valence-electron chi connectivity index (χ4n) is 3.36. The summed E-state index contributed by atoms with van der Waals surface area (Å²) in [6, 6.07) is 4.01. The Morgan fingerprint density at radius 3 is 2.95 bits per heavy atom. The van der Waals surface area contributed by atoms with E-state index in [0.29, 0.717) is 5.92 Å². The molecule has 2 saturated heterocycles. The molecule has 0 bridgehead atoms. The van der Waals surface area contributed by atoms with Crippen LogP contribution in [0, 0.1) is 0 Å². The van der Waals surface area contributed by atoms with Crippen LogP contribution < -0.4 is 5.32 Å². The molecular weight excluding hydrogens is 252 g/mol. The predicted molar refractivity (Wildman–Crippen MR) is 76.6 cm³/mol. The van der Waals surface area contributed by atoms with Crippen molar-refractivity contribution in [3.63, 3.8) is 0 Å². The molecule has 1 N–H and O–H groups in total. The van der Waals surface area contributed by atoms with E-state index < -0.39 is 0 Å². The topological polar surface area (TPSA) is 52.0 Å². The number of nitrogens with one attached hydrogen (secondary N) is 1. The predicted octanol–water partition coefficient (Wildman–Crippen LogP) is 2.21. The fraction of sp³-hybridized carbons (Fsp3) is 0.600. The Kier molecular flexibility index (Phi) is 3.16. The normalized spacial score (nSPS) is 24.5. The van der Waals surface area contributed by atoms with Gasteiger partial charge in [-0.25, -0.2) is 9.97 Å². The molecule has 4 heterocycles. The van der Waals surface area contributed by atoms with Crippen LogP contribution in [0.5, 0.6) is 0 Å². The molecule has 2 aromatic heterocycles. The number of rotatable bonds is 2. The third kappa shape index (κ3) is 2.01. The van der Waals surface area contributed by atoms with E-state index in [1.807, 2.05) is 12.3 Å². The standard InChI is InChI=1S/C15H20N4O/c1-3-12-15(17-7-1)19(13-4-2-10-20-13)14(18-12)11-5-8-16-9-6-11/h1,3,7,11,13,16H,2,4-6,8-10H2. The summed E-state index contributed by atoms with van der Waals surface area (Å²) in [6.07, 6.45) is 6.47. The summed E-state index contributed by atoms with van der Waals surface area (Å²) in [4.78, 5) is 9.42. The Balaban J connectivity index is 1.82. The number of pyridine rings is 1. The summed E-state index contributed by atoms with van der Waals surface area (Å²) in [5.74, 6) is 1.70. The first-order chi connectivity index (χ1) is 9.93. The summed E-state index contributed by atoms with van der Waals surface area (Å²) in [5, 5.41) is 3.42. The number of hydrogen-bond donors (Lipinski definition) is 1. The molecule has 0 amide bonds. The van der Waals surface area contributed by atoms with E-state index in [2.05, 4.69) is 20.9 Å². The Morgan fingerprint density at radius 1 is 1.25 bits per heavy atom. The number of hydrogen-bond acceptors (Lipinski definition) is 4. The second kappa shape index (κ2) is 5.14. The molecular formula is C15H20N4O. The quantitative estimate of drug-likeness (QED) is 0.910. The number of nitrogens with zero attached hydrogens (tertiary/aromatic N) is 3. The van der Waals surface area contributed by atoms with Gasteiger partial charge in [0.15, 0.2) is 5.65 Å². The molecule has 5 nitrogen and oxygen atoms in total. The molecule has 2 aromatic rings. The zero-order chi connectivity index (χ0) is 13.4. The largest absolute Gasteiger partial charge is 0.358 e. The van der Waals surface area contributed by atoms with Crippen molar-refractivity contribution in [3.8, 4) is 0 Å². The van der Waals surface area contributed by atoms with Gasteiger partial charge in [-0.1, -0.05) is 0 Å². The maximum absolute atomic E-state index is 5.90. The summed E-state index contributed by atoms with van der Waals surface area (Å²) >= 11 is 0. The minimum Gasteiger partial charge on any atom is -0.358 e. The molecule has 0 aliphatic carbocycles.